The van der Waals surface area contributed by atoms with Crippen LogP contribution in [0.15, 0.2) is 42.9 Å². The number of thioether (sulfide) groups is 1. The lowest BCUT2D eigenvalue weighted by Gasteiger charge is -2.45. The number of carbonyl (C=O) groups excluding carboxylic acids is 1. The average Bonchev–Trinajstić information content (AvgIpc) is 3.49. The van der Waals surface area contributed by atoms with Gasteiger partial charge in [-0.1, -0.05) is 5.21 Å². The summed E-state index contributed by atoms with van der Waals surface area (Å²) in [6, 6.07) is 3.46. The number of halogens is 3. The number of aromatic nitrogens is 4. The highest BCUT2D eigenvalue weighted by atomic mass is 32.2. The molecule has 0 radical (unpaired) electrons. The average molecular weight is 626 g/mol. The minimum Gasteiger partial charge on any atom is -0.394 e. The van der Waals surface area contributed by atoms with Gasteiger partial charge >= 0.3 is 0 Å². The second-order valence-electron chi connectivity index (χ2n) is 10.4. The quantitative estimate of drug-likeness (QED) is 0.265. The first kappa shape index (κ1) is 31.3. The van der Waals surface area contributed by atoms with E-state index in [-0.39, 0.29) is 37.3 Å². The van der Waals surface area contributed by atoms with Gasteiger partial charge in [0.05, 0.1) is 30.3 Å². The van der Waals surface area contributed by atoms with E-state index in [9.17, 15) is 38.4 Å². The van der Waals surface area contributed by atoms with Crippen LogP contribution in [0.3, 0.4) is 0 Å². The van der Waals surface area contributed by atoms with E-state index in [0.29, 0.717) is 5.69 Å². The number of aliphatic hydroxyl groups is 4. The zero-order valence-electron chi connectivity index (χ0n) is 22.8. The number of anilines is 1. The van der Waals surface area contributed by atoms with Crippen LogP contribution in [0.5, 0.6) is 0 Å². The monoisotopic (exact) mass is 625 g/mol. The normalized spacial score (nSPS) is 26.2. The smallest absolute Gasteiger partial charge is 0.242 e. The van der Waals surface area contributed by atoms with Crippen LogP contribution >= 0.6 is 11.8 Å². The van der Waals surface area contributed by atoms with Crippen molar-refractivity contribution in [2.24, 2.45) is 0 Å². The minimum atomic E-state index is -1.65. The van der Waals surface area contributed by atoms with E-state index in [1.165, 1.54) is 24.3 Å². The molecule has 2 saturated heterocycles. The van der Waals surface area contributed by atoms with Crippen molar-refractivity contribution in [1.82, 2.24) is 20.0 Å². The minimum absolute atomic E-state index is 0.0869. The summed E-state index contributed by atoms with van der Waals surface area (Å²) in [6.45, 7) is -0.291. The third-order valence-electron chi connectivity index (χ3n) is 7.65. The largest absolute Gasteiger partial charge is 0.394 e. The molecule has 0 aliphatic carbocycles. The molecule has 16 heteroatoms. The fraction of sp³-hybridized carbons (Fsp3) is 0.481. The van der Waals surface area contributed by atoms with E-state index in [4.69, 9.17) is 9.47 Å². The van der Waals surface area contributed by atoms with E-state index in [2.05, 4.69) is 15.3 Å². The van der Waals surface area contributed by atoms with Crippen molar-refractivity contribution in [3.8, 4) is 11.3 Å². The van der Waals surface area contributed by atoms with E-state index < -0.39 is 70.6 Å². The van der Waals surface area contributed by atoms with Crippen LogP contribution < -0.4 is 4.90 Å². The van der Waals surface area contributed by atoms with Crippen LogP contribution in [-0.2, 0) is 14.3 Å². The van der Waals surface area contributed by atoms with Crippen LogP contribution in [0.25, 0.3) is 11.3 Å². The molecule has 4 N–H and O–H groups in total. The van der Waals surface area contributed by atoms with Crippen LogP contribution in [0.4, 0.5) is 18.9 Å². The van der Waals surface area contributed by atoms with Gasteiger partial charge in [0, 0.05) is 44.9 Å². The summed E-state index contributed by atoms with van der Waals surface area (Å²) in [5.74, 6) is -5.04. The fourth-order valence-corrected chi connectivity index (χ4v) is 6.70. The van der Waals surface area contributed by atoms with Crippen LogP contribution in [0.2, 0.25) is 0 Å². The number of rotatable bonds is 8. The second kappa shape index (κ2) is 12.9. The van der Waals surface area contributed by atoms with Crippen molar-refractivity contribution < 1.29 is 47.9 Å². The molecule has 0 spiro atoms. The van der Waals surface area contributed by atoms with Crippen molar-refractivity contribution in [3.05, 3.63) is 60.3 Å². The summed E-state index contributed by atoms with van der Waals surface area (Å²) in [6.07, 6.45) is 0.0820. The van der Waals surface area contributed by atoms with Gasteiger partial charge in [-0.15, -0.1) is 16.9 Å². The Balaban J connectivity index is 1.45. The second-order valence-corrected chi connectivity index (χ2v) is 11.6. The Morgan fingerprint density at radius 2 is 1.91 bits per heavy atom. The number of hydrogen-bond acceptors (Lipinski definition) is 11. The molecular weight excluding hydrogens is 595 g/mol. The van der Waals surface area contributed by atoms with Crippen LogP contribution in [0.1, 0.15) is 18.9 Å². The third-order valence-corrected chi connectivity index (χ3v) is 9.22. The predicted molar refractivity (Wildman–Crippen MR) is 146 cm³/mol. The number of hydrogen-bond donors (Lipinski definition) is 4. The molecule has 12 nitrogen and oxygen atoms in total. The summed E-state index contributed by atoms with van der Waals surface area (Å²) in [5.41, 5.74) is -2.60. The predicted octanol–water partition coefficient (Wildman–Crippen LogP) is 1.04. The Morgan fingerprint density at radius 1 is 1.21 bits per heavy atom. The van der Waals surface area contributed by atoms with Crippen molar-refractivity contribution in [3.63, 3.8) is 0 Å². The van der Waals surface area contributed by atoms with Gasteiger partial charge in [-0.05, 0) is 24.3 Å². The Hall–Kier alpha value is -3.12. The molecule has 232 valence electrons. The third kappa shape index (κ3) is 6.26. The molecule has 2 aliphatic heterocycles. The maximum Gasteiger partial charge on any atom is 0.242 e. The van der Waals surface area contributed by atoms with E-state index >= 15 is 0 Å². The van der Waals surface area contributed by atoms with E-state index in [1.54, 1.807) is 18.3 Å². The molecule has 0 saturated carbocycles. The van der Waals surface area contributed by atoms with Crippen molar-refractivity contribution >= 4 is 23.4 Å². The Morgan fingerprint density at radius 3 is 2.53 bits per heavy atom. The molecule has 3 aromatic rings. The standard InChI is InChI=1S/C27H30F3N5O7S/c1-34(15-3-2-6-31-11-15)25(39)24(27(40)4-7-41-8-5-27)43-26-23(38)21(22(37)19(13-36)42-26)35-12-18(32-33-35)14-9-16(28)20(30)17(29)10-14/h2-3,6,9-12,19,21-24,26,36-38,40H,4-5,7-8,13H2,1H3/t19-,21+,22+,23-,24+,26+/m1/s1. The zero-order chi connectivity index (χ0) is 30.9. The molecule has 1 aromatic carbocycles. The fourth-order valence-electron chi connectivity index (χ4n) is 5.14. The first-order valence-electron chi connectivity index (χ1n) is 13.4. The van der Waals surface area contributed by atoms with Gasteiger partial charge < -0.3 is 34.8 Å². The topological polar surface area (TPSA) is 163 Å². The molecule has 6 atom stereocenters. The summed E-state index contributed by atoms with van der Waals surface area (Å²) in [5, 5.41) is 50.7. The summed E-state index contributed by atoms with van der Waals surface area (Å²) >= 11 is 0.825. The van der Waals surface area contributed by atoms with Gasteiger partial charge in [-0.2, -0.15) is 0 Å². The number of pyridine rings is 1. The number of benzene rings is 1. The number of aliphatic hydroxyl groups excluding tert-OH is 3. The van der Waals surface area contributed by atoms with Gasteiger partial charge in [0.25, 0.3) is 0 Å². The first-order chi connectivity index (χ1) is 20.5. The summed E-state index contributed by atoms with van der Waals surface area (Å²) in [7, 11) is 1.52. The Bertz CT molecular complexity index is 1410. The highest BCUT2D eigenvalue weighted by Crippen LogP contribution is 2.42. The first-order valence-corrected chi connectivity index (χ1v) is 14.3. The SMILES string of the molecule is CN(C(=O)[C@H](S[C@@H]1O[C@H](CO)[C@H](O)[C@H](n2cc(-c3cc(F)c(F)c(F)c3)nn2)[C@H]1O)C1(O)CCOCC1)c1cccnc1. The van der Waals surface area contributed by atoms with Crippen molar-refractivity contribution in [2.45, 2.75) is 53.5 Å². The van der Waals surface area contributed by atoms with Gasteiger partial charge in [0.15, 0.2) is 17.5 Å². The van der Waals surface area contributed by atoms with Crippen LogP contribution in [-0.4, -0.2) is 108 Å². The van der Waals surface area contributed by atoms with E-state index in [1.807, 2.05) is 0 Å². The van der Waals surface area contributed by atoms with Gasteiger partial charge in [-0.3, -0.25) is 9.78 Å². The molecule has 0 unspecified atom stereocenters. The van der Waals surface area contributed by atoms with Crippen molar-refractivity contribution in [1.29, 1.82) is 0 Å². The number of ether oxygens (including phenoxy) is 2. The highest BCUT2D eigenvalue weighted by Gasteiger charge is 2.51. The lowest BCUT2D eigenvalue weighted by molar-refractivity contribution is -0.179. The molecular formula is C27H30F3N5O7S. The van der Waals surface area contributed by atoms with Gasteiger partial charge in [0.2, 0.25) is 5.91 Å². The van der Waals surface area contributed by atoms with Crippen LogP contribution in [0, 0.1) is 17.5 Å². The number of nitrogens with zero attached hydrogens (tertiary/aromatic N) is 5. The summed E-state index contributed by atoms with van der Waals surface area (Å²) in [4.78, 5) is 19.2. The lowest BCUT2D eigenvalue weighted by atomic mass is 9.89. The maximum atomic E-state index is 13.9. The molecule has 2 aromatic heterocycles. The van der Waals surface area contributed by atoms with Gasteiger partial charge in [0.1, 0.15) is 40.7 Å². The highest BCUT2D eigenvalue weighted by molar-refractivity contribution is 8.01. The molecule has 4 heterocycles. The Kier molecular flexibility index (Phi) is 9.36. The van der Waals surface area contributed by atoms with E-state index in [0.717, 1.165) is 28.6 Å². The molecule has 0 bridgehead atoms. The number of carbonyl (C=O) groups is 1. The van der Waals surface area contributed by atoms with Crippen molar-refractivity contribution in [2.75, 3.05) is 31.8 Å². The molecule has 2 aliphatic rings. The number of amides is 1. The lowest BCUT2D eigenvalue weighted by Crippen LogP contribution is -2.58. The molecule has 43 heavy (non-hydrogen) atoms. The zero-order valence-corrected chi connectivity index (χ0v) is 23.6. The maximum absolute atomic E-state index is 13.9. The summed E-state index contributed by atoms with van der Waals surface area (Å²) < 4.78 is 53.4. The molecule has 2 fully saturated rings. The van der Waals surface area contributed by atoms with Gasteiger partial charge in [-0.25, -0.2) is 17.9 Å². The molecule has 5 rings (SSSR count). The Labute approximate surface area is 248 Å². The molecule has 1 amide bonds.